The van der Waals surface area contributed by atoms with E-state index in [-0.39, 0.29) is 5.70 Å². The van der Waals surface area contributed by atoms with E-state index >= 15 is 0 Å². The Labute approximate surface area is 115 Å². The average molecular weight is 280 g/mol. The Bertz CT molecular complexity index is 668. The normalized spacial score (nSPS) is 12.9. The van der Waals surface area contributed by atoms with E-state index in [4.69, 9.17) is 11.6 Å². The summed E-state index contributed by atoms with van der Waals surface area (Å²) in [5.41, 5.74) is 2.36. The summed E-state index contributed by atoms with van der Waals surface area (Å²) in [6, 6.07) is 5.70. The molecule has 100 valence electrons. The molecule has 0 radical (unpaired) electrons. The maximum atomic E-state index is 10.7. The molecule has 1 heterocycles. The van der Waals surface area contributed by atoms with E-state index in [0.29, 0.717) is 5.69 Å². The van der Waals surface area contributed by atoms with Crippen LogP contribution in [-0.2, 0) is 4.87 Å². The van der Waals surface area contributed by atoms with E-state index in [1.165, 1.54) is 13.0 Å². The number of halogens is 1. The van der Waals surface area contributed by atoms with E-state index in [2.05, 4.69) is 10.2 Å². The van der Waals surface area contributed by atoms with Gasteiger partial charge in [-0.2, -0.15) is 5.10 Å². The third-order valence-corrected chi connectivity index (χ3v) is 3.13. The summed E-state index contributed by atoms with van der Waals surface area (Å²) in [6.07, 6.45) is 1.45. The first-order valence-corrected chi connectivity index (χ1v) is 6.17. The van der Waals surface area contributed by atoms with Crippen molar-refractivity contribution in [3.8, 4) is 0 Å². The van der Waals surface area contributed by atoms with Crippen molar-refractivity contribution in [2.45, 2.75) is 25.6 Å². The summed E-state index contributed by atoms with van der Waals surface area (Å²) in [5, 5.41) is 18.4. The molecule has 0 saturated heterocycles. The molecule has 2 rings (SSSR count). The van der Waals surface area contributed by atoms with Crippen molar-refractivity contribution in [3.05, 3.63) is 45.3 Å². The van der Waals surface area contributed by atoms with Crippen LogP contribution >= 0.6 is 11.6 Å². The number of H-pyrrole nitrogens is 1. The second kappa shape index (κ2) is 4.66. The van der Waals surface area contributed by atoms with Gasteiger partial charge in [0.2, 0.25) is 5.70 Å². The minimum absolute atomic E-state index is 0.0453. The standard InChI is InChI=1S/C13H14ClN3O2/c1-8(17(18)19)6-12-10-7-9(13(2,3)14)4-5-11(10)15-16-12/h4-7H,1-3H3,(H,15,16)/b8-6+. The first-order chi connectivity index (χ1) is 8.79. The summed E-state index contributed by atoms with van der Waals surface area (Å²) in [6.45, 7) is 5.23. The average Bonchev–Trinajstić information content (AvgIpc) is 2.70. The number of fused-ring (bicyclic) bond motifs is 1. The van der Waals surface area contributed by atoms with E-state index in [1.54, 1.807) is 0 Å². The van der Waals surface area contributed by atoms with Crippen molar-refractivity contribution in [1.29, 1.82) is 0 Å². The van der Waals surface area contributed by atoms with Gasteiger partial charge in [-0.3, -0.25) is 15.2 Å². The van der Waals surface area contributed by atoms with Crippen LogP contribution in [0.15, 0.2) is 23.9 Å². The van der Waals surface area contributed by atoms with Gasteiger partial charge in [0.05, 0.1) is 21.0 Å². The van der Waals surface area contributed by atoms with E-state index in [0.717, 1.165) is 16.5 Å². The fourth-order valence-corrected chi connectivity index (χ4v) is 1.88. The summed E-state index contributed by atoms with van der Waals surface area (Å²) in [5.74, 6) is 0. The molecule has 0 saturated carbocycles. The van der Waals surface area contributed by atoms with Crippen molar-refractivity contribution >= 4 is 28.6 Å². The van der Waals surface area contributed by atoms with E-state index < -0.39 is 9.80 Å². The highest BCUT2D eigenvalue weighted by atomic mass is 35.5. The first-order valence-electron chi connectivity index (χ1n) is 5.79. The van der Waals surface area contributed by atoms with E-state index in [1.807, 2.05) is 32.0 Å². The topological polar surface area (TPSA) is 71.8 Å². The number of nitro groups is 1. The monoisotopic (exact) mass is 279 g/mol. The number of hydrogen-bond acceptors (Lipinski definition) is 3. The summed E-state index contributed by atoms with van der Waals surface area (Å²) in [7, 11) is 0. The summed E-state index contributed by atoms with van der Waals surface area (Å²) in [4.78, 5) is 9.74. The van der Waals surface area contributed by atoms with Crippen molar-refractivity contribution in [2.75, 3.05) is 0 Å². The molecular formula is C13H14ClN3O2. The predicted molar refractivity (Wildman–Crippen MR) is 75.6 cm³/mol. The zero-order chi connectivity index (χ0) is 14.2. The van der Waals surface area contributed by atoms with Crippen LogP contribution in [0, 0.1) is 10.1 Å². The number of hydrogen-bond donors (Lipinski definition) is 1. The smallest absolute Gasteiger partial charge is 0.245 e. The van der Waals surface area contributed by atoms with Crippen LogP contribution in [-0.4, -0.2) is 15.1 Å². The Kier molecular flexibility index (Phi) is 3.32. The van der Waals surface area contributed by atoms with Gasteiger partial charge in [-0.1, -0.05) is 6.07 Å². The van der Waals surface area contributed by atoms with Crippen molar-refractivity contribution in [3.63, 3.8) is 0 Å². The molecule has 2 aromatic rings. The van der Waals surface area contributed by atoms with Crippen LogP contribution < -0.4 is 0 Å². The Balaban J connectivity index is 2.58. The number of aromatic amines is 1. The Hall–Kier alpha value is -1.88. The largest absolute Gasteiger partial charge is 0.277 e. The molecule has 19 heavy (non-hydrogen) atoms. The number of aromatic nitrogens is 2. The third-order valence-electron chi connectivity index (χ3n) is 2.91. The van der Waals surface area contributed by atoms with Crippen molar-refractivity contribution in [1.82, 2.24) is 10.2 Å². The number of nitrogens with one attached hydrogen (secondary N) is 1. The zero-order valence-corrected chi connectivity index (χ0v) is 11.7. The predicted octanol–water partition coefficient (Wildman–Crippen LogP) is 3.67. The van der Waals surface area contributed by atoms with Crippen molar-refractivity contribution < 1.29 is 4.92 Å². The van der Waals surface area contributed by atoms with Crippen LogP contribution in [0.1, 0.15) is 32.0 Å². The minimum atomic E-state index is -0.495. The molecule has 1 aromatic carbocycles. The lowest BCUT2D eigenvalue weighted by molar-refractivity contribution is -0.422. The molecule has 1 aromatic heterocycles. The van der Waals surface area contributed by atoms with Gasteiger partial charge in [-0.05, 0) is 31.5 Å². The summed E-state index contributed by atoms with van der Waals surface area (Å²) >= 11 is 6.28. The molecule has 0 spiro atoms. The highest BCUT2D eigenvalue weighted by Gasteiger charge is 2.18. The molecule has 0 aliphatic carbocycles. The second-order valence-electron chi connectivity index (χ2n) is 4.88. The Morgan fingerprint density at radius 3 is 2.79 bits per heavy atom. The molecular weight excluding hydrogens is 266 g/mol. The fourth-order valence-electron chi connectivity index (χ4n) is 1.76. The number of nitrogens with zero attached hydrogens (tertiary/aromatic N) is 2. The van der Waals surface area contributed by atoms with Crippen molar-refractivity contribution in [2.24, 2.45) is 0 Å². The van der Waals surface area contributed by atoms with Gasteiger partial charge in [-0.15, -0.1) is 11.6 Å². The quantitative estimate of drug-likeness (QED) is 0.529. The van der Waals surface area contributed by atoms with Crippen LogP contribution in [0.2, 0.25) is 0 Å². The number of allylic oxidation sites excluding steroid dienone is 1. The van der Waals surface area contributed by atoms with Crippen LogP contribution in [0.4, 0.5) is 0 Å². The van der Waals surface area contributed by atoms with Gasteiger partial charge in [0, 0.05) is 18.4 Å². The molecule has 0 unspecified atom stereocenters. The second-order valence-corrected chi connectivity index (χ2v) is 5.83. The molecule has 5 nitrogen and oxygen atoms in total. The summed E-state index contributed by atoms with van der Waals surface area (Å²) < 4.78 is 0. The molecule has 1 N–H and O–H groups in total. The van der Waals surface area contributed by atoms with Gasteiger partial charge in [-0.25, -0.2) is 0 Å². The molecule has 0 atom stereocenters. The van der Waals surface area contributed by atoms with Crippen LogP contribution in [0.25, 0.3) is 17.0 Å². The third kappa shape index (κ3) is 2.76. The zero-order valence-electron chi connectivity index (χ0n) is 10.9. The highest BCUT2D eigenvalue weighted by Crippen LogP contribution is 2.30. The highest BCUT2D eigenvalue weighted by molar-refractivity contribution is 6.23. The SMILES string of the molecule is C/C(=C\c1n[nH]c2ccc(C(C)(C)Cl)cc12)[N+](=O)[O-]. The molecule has 0 bridgehead atoms. The molecule has 0 aliphatic rings. The first kappa shape index (κ1) is 13.5. The van der Waals surface area contributed by atoms with E-state index in [9.17, 15) is 10.1 Å². The molecule has 0 fully saturated rings. The molecule has 0 amide bonds. The van der Waals surface area contributed by atoms with Crippen LogP contribution in [0.5, 0.6) is 0 Å². The van der Waals surface area contributed by atoms with Gasteiger partial charge >= 0.3 is 0 Å². The molecule has 0 aliphatic heterocycles. The van der Waals surface area contributed by atoms with Gasteiger partial charge in [0.1, 0.15) is 0 Å². The van der Waals surface area contributed by atoms with Gasteiger partial charge in [0.25, 0.3) is 0 Å². The van der Waals surface area contributed by atoms with Crippen LogP contribution in [0.3, 0.4) is 0 Å². The molecule has 6 heteroatoms. The maximum absolute atomic E-state index is 10.7. The number of alkyl halides is 1. The van der Waals surface area contributed by atoms with Gasteiger partial charge < -0.3 is 0 Å². The van der Waals surface area contributed by atoms with Gasteiger partial charge in [0.15, 0.2) is 0 Å². The Morgan fingerprint density at radius 2 is 2.21 bits per heavy atom. The number of rotatable bonds is 3. The lowest BCUT2D eigenvalue weighted by atomic mass is 10.00. The Morgan fingerprint density at radius 1 is 1.53 bits per heavy atom. The lowest BCUT2D eigenvalue weighted by Gasteiger charge is -2.15. The fraction of sp³-hybridized carbons (Fsp3) is 0.308. The lowest BCUT2D eigenvalue weighted by Crippen LogP contribution is -2.06. The maximum Gasteiger partial charge on any atom is 0.245 e. The number of benzene rings is 1. The minimum Gasteiger partial charge on any atom is -0.277 e.